The molecule has 82 valence electrons. The van der Waals surface area contributed by atoms with E-state index in [-0.39, 0.29) is 13.2 Å². The molecule has 0 fully saturated rings. The minimum absolute atomic E-state index is 0.127. The molecule has 0 heterocycles. The van der Waals surface area contributed by atoms with Crippen molar-refractivity contribution < 1.29 is 15.0 Å². The van der Waals surface area contributed by atoms with Gasteiger partial charge in [0.05, 0.1) is 5.54 Å². The Morgan fingerprint density at radius 2 is 1.79 bits per heavy atom. The molecule has 8 heteroatoms. The molecular weight excluding hydrogens is 194 g/mol. The van der Waals surface area contributed by atoms with Crippen molar-refractivity contribution in [3.05, 3.63) is 20.2 Å². The zero-order valence-corrected chi connectivity index (χ0v) is 8.30. The lowest BCUT2D eigenvalue weighted by molar-refractivity contribution is -0.761. The van der Waals surface area contributed by atoms with Gasteiger partial charge in [0.25, 0.3) is 5.09 Å². The predicted octanol–water partition coefficient (Wildman–Crippen LogP) is 0.487. The number of nitrogens with zero attached hydrogens (tertiary/aromatic N) is 3. The molecule has 0 atom stereocenters. The van der Waals surface area contributed by atoms with Gasteiger partial charge in [0.2, 0.25) is 0 Å². The molecule has 0 aromatic rings. The predicted molar refractivity (Wildman–Crippen MR) is 46.4 cm³/mol. The number of hydrazine groups is 1. The van der Waals surface area contributed by atoms with Crippen LogP contribution in [0.1, 0.15) is 20.8 Å². The van der Waals surface area contributed by atoms with Crippen molar-refractivity contribution in [2.45, 2.75) is 26.3 Å². The quantitative estimate of drug-likeness (QED) is 0.480. The van der Waals surface area contributed by atoms with Gasteiger partial charge in [-0.15, -0.1) is 15.1 Å². The van der Waals surface area contributed by atoms with Crippen LogP contribution in [0, 0.1) is 20.2 Å². The van der Waals surface area contributed by atoms with Gasteiger partial charge < -0.3 is 4.84 Å². The summed E-state index contributed by atoms with van der Waals surface area (Å²) in [6.07, 6.45) is 0. The van der Waals surface area contributed by atoms with Crippen LogP contribution in [0.3, 0.4) is 0 Å². The fourth-order valence-corrected chi connectivity index (χ4v) is 0.864. The first-order valence-corrected chi connectivity index (χ1v) is 3.94. The number of hydrogen-bond donors (Lipinski definition) is 0. The first kappa shape index (κ1) is 12.4. The fourth-order valence-electron chi connectivity index (χ4n) is 0.864. The van der Waals surface area contributed by atoms with Gasteiger partial charge in [-0.3, -0.25) is 0 Å². The van der Waals surface area contributed by atoms with E-state index >= 15 is 0 Å². The number of hydrogen-bond acceptors (Lipinski definition) is 5. The fraction of sp³-hybridized carbons (Fsp3) is 1.00. The van der Waals surface area contributed by atoms with E-state index in [0.717, 1.165) is 5.01 Å². The van der Waals surface area contributed by atoms with Crippen LogP contribution in [-0.2, 0) is 4.84 Å². The lowest BCUT2D eigenvalue weighted by Crippen LogP contribution is -2.47. The normalized spacial score (nSPS) is 10.8. The minimum Gasteiger partial charge on any atom is -0.312 e. The zero-order chi connectivity index (χ0) is 11.4. The van der Waals surface area contributed by atoms with Crippen LogP contribution < -0.4 is 0 Å². The van der Waals surface area contributed by atoms with Crippen molar-refractivity contribution in [3.63, 3.8) is 0 Å². The van der Waals surface area contributed by atoms with Gasteiger partial charge in [-0.25, -0.2) is 10.1 Å². The Hall–Kier alpha value is -1.60. The smallest absolute Gasteiger partial charge is 0.294 e. The van der Waals surface area contributed by atoms with Gasteiger partial charge in [-0.05, 0) is 20.8 Å². The first-order chi connectivity index (χ1) is 6.25. The summed E-state index contributed by atoms with van der Waals surface area (Å²) >= 11 is 0. The lowest BCUT2D eigenvalue weighted by Gasteiger charge is -2.26. The molecular formula is C6H13N3O5. The Bertz CT molecular complexity index is 224. The summed E-state index contributed by atoms with van der Waals surface area (Å²) in [5, 5.41) is 19.6. The van der Waals surface area contributed by atoms with Gasteiger partial charge in [0.1, 0.15) is 13.2 Å². The molecule has 0 aromatic heterocycles. The molecule has 0 unspecified atom stereocenters. The van der Waals surface area contributed by atoms with Gasteiger partial charge in [0, 0.05) is 0 Å². The molecule has 0 radical (unpaired) electrons. The third-order valence-corrected chi connectivity index (χ3v) is 1.47. The van der Waals surface area contributed by atoms with Crippen molar-refractivity contribution in [2.75, 3.05) is 13.2 Å². The minimum atomic E-state index is -0.971. The van der Waals surface area contributed by atoms with Gasteiger partial charge >= 0.3 is 0 Å². The van der Waals surface area contributed by atoms with Gasteiger partial charge in [0.15, 0.2) is 5.03 Å². The molecule has 8 nitrogen and oxygen atoms in total. The van der Waals surface area contributed by atoms with E-state index in [1.807, 2.05) is 0 Å². The summed E-state index contributed by atoms with van der Waals surface area (Å²) < 4.78 is 0. The maximum atomic E-state index is 10.5. The molecule has 0 N–H and O–H groups in total. The summed E-state index contributed by atoms with van der Waals surface area (Å²) in [6, 6.07) is 0. The standard InChI is InChI=1S/C6H13N3O5/c1-6(2,3)7(8(10)11)4-5-14-9(12)13/h4-5H2,1-3H3. The lowest BCUT2D eigenvalue weighted by atomic mass is 10.1. The van der Waals surface area contributed by atoms with Crippen molar-refractivity contribution in [3.8, 4) is 0 Å². The molecule has 0 saturated carbocycles. The van der Waals surface area contributed by atoms with Crippen molar-refractivity contribution in [2.24, 2.45) is 0 Å². The van der Waals surface area contributed by atoms with Crippen molar-refractivity contribution >= 4 is 0 Å². The monoisotopic (exact) mass is 207 g/mol. The summed E-state index contributed by atoms with van der Waals surface area (Å²) in [6.45, 7) is 4.48. The van der Waals surface area contributed by atoms with Crippen LogP contribution in [0.25, 0.3) is 0 Å². The molecule has 14 heavy (non-hydrogen) atoms. The van der Waals surface area contributed by atoms with E-state index < -0.39 is 15.7 Å². The van der Waals surface area contributed by atoms with E-state index in [1.165, 1.54) is 0 Å². The molecule has 0 saturated heterocycles. The van der Waals surface area contributed by atoms with Crippen molar-refractivity contribution in [1.29, 1.82) is 0 Å². The second-order valence-corrected chi connectivity index (χ2v) is 3.59. The van der Waals surface area contributed by atoms with Crippen LogP contribution in [0.15, 0.2) is 0 Å². The highest BCUT2D eigenvalue weighted by Gasteiger charge is 2.29. The number of nitro groups is 1. The highest BCUT2D eigenvalue weighted by Crippen LogP contribution is 2.12. The van der Waals surface area contributed by atoms with Crippen LogP contribution in [0.5, 0.6) is 0 Å². The largest absolute Gasteiger partial charge is 0.312 e. The molecule has 0 aliphatic heterocycles. The Morgan fingerprint density at radius 1 is 1.29 bits per heavy atom. The molecule has 0 aromatic carbocycles. The van der Waals surface area contributed by atoms with Gasteiger partial charge in [-0.2, -0.15) is 0 Å². The third kappa shape index (κ3) is 4.43. The van der Waals surface area contributed by atoms with E-state index in [0.29, 0.717) is 0 Å². The summed E-state index contributed by atoms with van der Waals surface area (Å²) in [4.78, 5) is 24.3. The highest BCUT2D eigenvalue weighted by molar-refractivity contribution is 4.68. The topological polar surface area (TPSA) is 98.8 Å². The number of rotatable bonds is 5. The van der Waals surface area contributed by atoms with Crippen LogP contribution in [0.2, 0.25) is 0 Å². The highest BCUT2D eigenvalue weighted by atomic mass is 16.9. The average Bonchev–Trinajstić information content (AvgIpc) is 1.94. The second-order valence-electron chi connectivity index (χ2n) is 3.59. The molecule has 0 spiro atoms. The molecule has 0 aliphatic rings. The molecule has 0 rings (SSSR count). The first-order valence-electron chi connectivity index (χ1n) is 3.94. The van der Waals surface area contributed by atoms with Gasteiger partial charge in [-0.1, -0.05) is 0 Å². The SMILES string of the molecule is CC(C)(C)N(CCO[N+](=O)[O-])[N+](=O)[O-]. The Morgan fingerprint density at radius 3 is 2.07 bits per heavy atom. The Balaban J connectivity index is 4.13. The van der Waals surface area contributed by atoms with Crippen LogP contribution in [-0.4, -0.2) is 33.8 Å². The summed E-state index contributed by atoms with van der Waals surface area (Å²) in [5.74, 6) is 0. The second kappa shape index (κ2) is 4.58. The van der Waals surface area contributed by atoms with Crippen LogP contribution in [0.4, 0.5) is 0 Å². The zero-order valence-electron chi connectivity index (χ0n) is 8.30. The van der Waals surface area contributed by atoms with E-state index in [9.17, 15) is 20.2 Å². The maximum Gasteiger partial charge on any atom is 0.294 e. The average molecular weight is 207 g/mol. The Kier molecular flexibility index (Phi) is 4.06. The van der Waals surface area contributed by atoms with Crippen LogP contribution >= 0.6 is 0 Å². The summed E-state index contributed by atoms with van der Waals surface area (Å²) in [5.41, 5.74) is -0.691. The van der Waals surface area contributed by atoms with E-state index in [1.54, 1.807) is 20.8 Å². The molecule has 0 aliphatic carbocycles. The molecule has 0 amide bonds. The van der Waals surface area contributed by atoms with E-state index in [4.69, 9.17) is 0 Å². The molecule has 0 bridgehead atoms. The van der Waals surface area contributed by atoms with E-state index in [2.05, 4.69) is 4.84 Å². The van der Waals surface area contributed by atoms with Crippen molar-refractivity contribution in [1.82, 2.24) is 5.01 Å². The maximum absolute atomic E-state index is 10.5. The third-order valence-electron chi connectivity index (χ3n) is 1.47. The Labute approximate surface area is 80.7 Å². The summed E-state index contributed by atoms with van der Waals surface area (Å²) in [7, 11) is 0.